The van der Waals surface area contributed by atoms with Crippen LogP contribution in [-0.4, -0.2) is 40.1 Å². The quantitative estimate of drug-likeness (QED) is 0.393. The third kappa shape index (κ3) is 5.76. The summed E-state index contributed by atoms with van der Waals surface area (Å²) in [4.78, 5) is 9.88. The predicted octanol–water partition coefficient (Wildman–Crippen LogP) is 1.30. The van der Waals surface area contributed by atoms with Gasteiger partial charge in [0.05, 0.1) is 18.1 Å². The summed E-state index contributed by atoms with van der Waals surface area (Å²) >= 11 is 0. The van der Waals surface area contributed by atoms with Crippen molar-refractivity contribution in [2.75, 3.05) is 26.7 Å². The van der Waals surface area contributed by atoms with Crippen LogP contribution in [0.4, 0.5) is 5.69 Å². The van der Waals surface area contributed by atoms with Crippen LogP contribution in [0.5, 0.6) is 5.75 Å². The number of sulfonamides is 1. The monoisotopic (exact) mass is 353 g/mol. The van der Waals surface area contributed by atoms with E-state index in [1.807, 2.05) is 6.92 Å². The molecule has 2 N–H and O–H groups in total. The second kappa shape index (κ2) is 9.57. The fourth-order valence-electron chi connectivity index (χ4n) is 1.65. The molecule has 1 aromatic carbocycles. The topological polar surface area (TPSA) is 111 Å². The molecule has 0 bridgehead atoms. The van der Waals surface area contributed by atoms with Gasteiger partial charge in [-0.15, -0.1) is 12.4 Å². The molecule has 0 aliphatic carbocycles. The van der Waals surface area contributed by atoms with Gasteiger partial charge >= 0.3 is 0 Å². The summed E-state index contributed by atoms with van der Waals surface area (Å²) in [5, 5.41) is 14.0. The van der Waals surface area contributed by atoms with Crippen molar-refractivity contribution in [3.63, 3.8) is 0 Å². The summed E-state index contributed by atoms with van der Waals surface area (Å²) in [6.45, 7) is 3.39. The molecule has 0 radical (unpaired) electrons. The van der Waals surface area contributed by atoms with Crippen molar-refractivity contribution in [3.05, 3.63) is 28.3 Å². The first-order valence-electron chi connectivity index (χ1n) is 6.45. The maximum Gasteiger partial charge on any atom is 0.293 e. The molecule has 0 unspecified atom stereocenters. The van der Waals surface area contributed by atoms with Crippen molar-refractivity contribution in [1.82, 2.24) is 10.0 Å². The van der Waals surface area contributed by atoms with Gasteiger partial charge in [-0.25, -0.2) is 13.1 Å². The summed E-state index contributed by atoms with van der Waals surface area (Å²) in [5.74, 6) is 0.227. The SMILES string of the molecule is CCCNCCNS(=O)(=O)c1ccc(OC)cc1[N+](=O)[O-].Cl. The van der Waals surface area contributed by atoms with E-state index >= 15 is 0 Å². The van der Waals surface area contributed by atoms with E-state index in [0.29, 0.717) is 6.54 Å². The van der Waals surface area contributed by atoms with Gasteiger partial charge in [-0.1, -0.05) is 6.92 Å². The zero-order valence-electron chi connectivity index (χ0n) is 12.4. The summed E-state index contributed by atoms with van der Waals surface area (Å²) < 4.78 is 31.4. The molecule has 0 aliphatic heterocycles. The number of ether oxygens (including phenoxy) is 1. The van der Waals surface area contributed by atoms with Crippen LogP contribution < -0.4 is 14.8 Å². The van der Waals surface area contributed by atoms with E-state index in [1.54, 1.807) is 0 Å². The molecule has 1 aromatic rings. The van der Waals surface area contributed by atoms with Crippen LogP contribution in [0.3, 0.4) is 0 Å². The number of halogens is 1. The second-order valence-electron chi connectivity index (χ2n) is 4.24. The molecule has 0 heterocycles. The van der Waals surface area contributed by atoms with Gasteiger partial charge in [-0.2, -0.15) is 0 Å². The Morgan fingerprint density at radius 3 is 2.50 bits per heavy atom. The van der Waals surface area contributed by atoms with Gasteiger partial charge in [-0.05, 0) is 25.1 Å². The third-order valence-corrected chi connectivity index (χ3v) is 4.18. The number of nitrogens with one attached hydrogen (secondary N) is 2. The summed E-state index contributed by atoms with van der Waals surface area (Å²) in [7, 11) is -2.58. The highest BCUT2D eigenvalue weighted by molar-refractivity contribution is 7.89. The molecule has 0 fully saturated rings. The van der Waals surface area contributed by atoms with E-state index < -0.39 is 20.6 Å². The second-order valence-corrected chi connectivity index (χ2v) is 5.97. The van der Waals surface area contributed by atoms with E-state index in [2.05, 4.69) is 10.0 Å². The van der Waals surface area contributed by atoms with Crippen LogP contribution in [0.25, 0.3) is 0 Å². The highest BCUT2D eigenvalue weighted by Crippen LogP contribution is 2.27. The van der Waals surface area contributed by atoms with Crippen LogP contribution in [0.2, 0.25) is 0 Å². The van der Waals surface area contributed by atoms with Crippen LogP contribution in [0.15, 0.2) is 23.1 Å². The zero-order valence-corrected chi connectivity index (χ0v) is 14.0. The summed E-state index contributed by atoms with van der Waals surface area (Å²) in [5.41, 5.74) is -0.511. The molecule has 0 atom stereocenters. The Labute approximate surface area is 135 Å². The molecule has 0 saturated carbocycles. The molecule has 1 rings (SSSR count). The number of hydrogen-bond acceptors (Lipinski definition) is 6. The predicted molar refractivity (Wildman–Crippen MR) is 85.2 cm³/mol. The van der Waals surface area contributed by atoms with E-state index in [1.165, 1.54) is 19.2 Å². The number of nitro benzene ring substituents is 1. The van der Waals surface area contributed by atoms with Gasteiger partial charge in [0.2, 0.25) is 10.0 Å². The molecule has 0 aromatic heterocycles. The lowest BCUT2D eigenvalue weighted by atomic mass is 10.3. The molecule has 0 amide bonds. The van der Waals surface area contributed by atoms with Crippen LogP contribution in [0, 0.1) is 10.1 Å². The van der Waals surface area contributed by atoms with Gasteiger partial charge in [0.15, 0.2) is 4.90 Å². The molecule has 0 aliphatic rings. The molecule has 0 saturated heterocycles. The molecular formula is C12H20ClN3O5S. The molecule has 22 heavy (non-hydrogen) atoms. The number of methoxy groups -OCH3 is 1. The Balaban J connectivity index is 0.00000441. The minimum atomic E-state index is -3.94. The van der Waals surface area contributed by atoms with Gasteiger partial charge in [-0.3, -0.25) is 10.1 Å². The lowest BCUT2D eigenvalue weighted by Gasteiger charge is -2.09. The standard InChI is InChI=1S/C12H19N3O5S.ClH/c1-3-6-13-7-8-14-21(18,19)12-5-4-10(20-2)9-11(12)15(16)17;/h4-5,9,13-14H,3,6-8H2,1-2H3;1H. The Morgan fingerprint density at radius 2 is 1.95 bits per heavy atom. The normalized spacial score (nSPS) is 10.8. The lowest BCUT2D eigenvalue weighted by Crippen LogP contribution is -2.32. The van der Waals surface area contributed by atoms with Gasteiger partial charge in [0, 0.05) is 13.1 Å². The molecule has 0 spiro atoms. The fourth-order valence-corrected chi connectivity index (χ4v) is 2.83. The first kappa shape index (κ1) is 20.6. The van der Waals surface area contributed by atoms with E-state index in [0.717, 1.165) is 19.0 Å². The first-order chi connectivity index (χ1) is 9.92. The van der Waals surface area contributed by atoms with Crippen molar-refractivity contribution in [1.29, 1.82) is 0 Å². The van der Waals surface area contributed by atoms with Crippen molar-refractivity contribution in [2.45, 2.75) is 18.2 Å². The third-order valence-electron chi connectivity index (χ3n) is 2.67. The minimum Gasteiger partial charge on any atom is -0.497 e. The molecule has 10 heteroatoms. The van der Waals surface area contributed by atoms with Crippen molar-refractivity contribution in [2.24, 2.45) is 0 Å². The Hall–Kier alpha value is -1.42. The van der Waals surface area contributed by atoms with Crippen molar-refractivity contribution >= 4 is 28.1 Å². The maximum absolute atomic E-state index is 12.1. The highest BCUT2D eigenvalue weighted by Gasteiger charge is 2.26. The maximum atomic E-state index is 12.1. The highest BCUT2D eigenvalue weighted by atomic mass is 35.5. The molecule has 8 nitrogen and oxygen atoms in total. The molecular weight excluding hydrogens is 334 g/mol. The van der Waals surface area contributed by atoms with Crippen LogP contribution in [0.1, 0.15) is 13.3 Å². The minimum absolute atomic E-state index is 0. The van der Waals surface area contributed by atoms with Gasteiger partial charge < -0.3 is 10.1 Å². The number of nitrogens with zero attached hydrogens (tertiary/aromatic N) is 1. The van der Waals surface area contributed by atoms with Crippen molar-refractivity contribution < 1.29 is 18.1 Å². The summed E-state index contributed by atoms with van der Waals surface area (Å²) in [6.07, 6.45) is 0.941. The Morgan fingerprint density at radius 1 is 1.27 bits per heavy atom. The van der Waals surface area contributed by atoms with E-state index in [9.17, 15) is 18.5 Å². The smallest absolute Gasteiger partial charge is 0.293 e. The first-order valence-corrected chi connectivity index (χ1v) is 7.93. The van der Waals surface area contributed by atoms with Gasteiger partial charge in [0.25, 0.3) is 5.69 Å². The average Bonchev–Trinajstić information content (AvgIpc) is 2.46. The van der Waals surface area contributed by atoms with Crippen molar-refractivity contribution in [3.8, 4) is 5.75 Å². The number of hydrogen-bond donors (Lipinski definition) is 2. The summed E-state index contributed by atoms with van der Waals surface area (Å²) in [6, 6.07) is 3.62. The molecule has 126 valence electrons. The van der Waals surface area contributed by atoms with Gasteiger partial charge in [0.1, 0.15) is 5.75 Å². The Kier molecular flexibility index (Phi) is 8.95. The van der Waals surface area contributed by atoms with E-state index in [4.69, 9.17) is 4.74 Å². The van der Waals surface area contributed by atoms with Crippen LogP contribution in [-0.2, 0) is 10.0 Å². The van der Waals surface area contributed by atoms with Crippen LogP contribution >= 0.6 is 12.4 Å². The average molecular weight is 354 g/mol. The number of nitro groups is 1. The zero-order chi connectivity index (χ0) is 15.9. The Bertz CT molecular complexity index is 594. The number of benzene rings is 1. The largest absolute Gasteiger partial charge is 0.497 e. The lowest BCUT2D eigenvalue weighted by molar-refractivity contribution is -0.387. The fraction of sp³-hybridized carbons (Fsp3) is 0.500. The number of rotatable bonds is 9. The van der Waals surface area contributed by atoms with E-state index in [-0.39, 0.29) is 29.6 Å².